The van der Waals surface area contributed by atoms with Gasteiger partial charge in [0.15, 0.2) is 0 Å². The van der Waals surface area contributed by atoms with Gasteiger partial charge in [0.1, 0.15) is 0 Å². The van der Waals surface area contributed by atoms with Crippen LogP contribution in [0, 0.1) is 5.92 Å². The molecule has 1 rings (SSSR count). The fourth-order valence-corrected chi connectivity index (χ4v) is 2.02. The molecule has 0 bridgehead atoms. The van der Waals surface area contributed by atoms with E-state index in [0.29, 0.717) is 12.6 Å². The molecule has 0 radical (unpaired) electrons. The van der Waals surface area contributed by atoms with Gasteiger partial charge in [0.2, 0.25) is 0 Å². The lowest BCUT2D eigenvalue weighted by molar-refractivity contribution is -0.142. The summed E-state index contributed by atoms with van der Waals surface area (Å²) in [7, 11) is 0. The molecule has 1 saturated heterocycles. The molecule has 1 N–H and O–H groups in total. The first kappa shape index (κ1) is 12.5. The molecule has 0 spiro atoms. The van der Waals surface area contributed by atoms with Crippen molar-refractivity contribution < 1.29 is 14.6 Å². The third-order valence-corrected chi connectivity index (χ3v) is 3.04. The van der Waals surface area contributed by atoms with Crippen molar-refractivity contribution in [3.05, 3.63) is 0 Å². The summed E-state index contributed by atoms with van der Waals surface area (Å²) in [6, 6.07) is 0.505. The second kappa shape index (κ2) is 6.08. The summed E-state index contributed by atoms with van der Waals surface area (Å²) in [5.41, 5.74) is 0. The van der Waals surface area contributed by atoms with E-state index in [-0.39, 0.29) is 5.92 Å². The second-order valence-electron chi connectivity index (χ2n) is 4.17. The van der Waals surface area contributed by atoms with E-state index in [0.717, 1.165) is 32.6 Å². The van der Waals surface area contributed by atoms with E-state index in [9.17, 15) is 4.79 Å². The van der Waals surface area contributed by atoms with Gasteiger partial charge in [-0.2, -0.15) is 0 Å². The van der Waals surface area contributed by atoms with Gasteiger partial charge in [-0.05, 0) is 19.4 Å². The van der Waals surface area contributed by atoms with E-state index in [2.05, 4.69) is 11.8 Å². The summed E-state index contributed by atoms with van der Waals surface area (Å²) >= 11 is 0. The molecule has 88 valence electrons. The normalized spacial score (nSPS) is 20.5. The number of hydrogen-bond acceptors (Lipinski definition) is 3. The third kappa shape index (κ3) is 3.80. The molecule has 1 fully saturated rings. The standard InChI is InChI=1S/C11H21NO3/c1-3-12(8-9(2)11(13)14)10-4-6-15-7-5-10/h9-10H,3-8H2,1-2H3,(H,13,14). The highest BCUT2D eigenvalue weighted by Crippen LogP contribution is 2.15. The Morgan fingerprint density at radius 2 is 2.13 bits per heavy atom. The van der Waals surface area contributed by atoms with Gasteiger partial charge in [0, 0.05) is 25.8 Å². The minimum Gasteiger partial charge on any atom is -0.481 e. The lowest BCUT2D eigenvalue weighted by atomic mass is 10.0. The minimum absolute atomic E-state index is 0.284. The molecule has 1 atom stereocenters. The van der Waals surface area contributed by atoms with E-state index < -0.39 is 5.97 Å². The SMILES string of the molecule is CCN(CC(C)C(=O)O)C1CCOCC1. The molecular weight excluding hydrogens is 194 g/mol. The Labute approximate surface area is 91.2 Å². The van der Waals surface area contributed by atoms with Crippen LogP contribution in [-0.2, 0) is 9.53 Å². The number of ether oxygens (including phenoxy) is 1. The van der Waals surface area contributed by atoms with Gasteiger partial charge in [0.25, 0.3) is 0 Å². The van der Waals surface area contributed by atoms with E-state index >= 15 is 0 Å². The largest absolute Gasteiger partial charge is 0.481 e. The van der Waals surface area contributed by atoms with Crippen molar-refractivity contribution in [2.45, 2.75) is 32.7 Å². The molecule has 1 unspecified atom stereocenters. The fourth-order valence-electron chi connectivity index (χ4n) is 2.02. The second-order valence-corrected chi connectivity index (χ2v) is 4.17. The Bertz CT molecular complexity index is 202. The van der Waals surface area contributed by atoms with Crippen molar-refractivity contribution in [2.75, 3.05) is 26.3 Å². The van der Waals surface area contributed by atoms with Crippen LogP contribution in [0.25, 0.3) is 0 Å². The molecule has 4 heteroatoms. The molecule has 0 saturated carbocycles. The summed E-state index contributed by atoms with van der Waals surface area (Å²) in [4.78, 5) is 13.0. The molecule has 0 aliphatic carbocycles. The van der Waals surface area contributed by atoms with Crippen LogP contribution >= 0.6 is 0 Å². The van der Waals surface area contributed by atoms with Crippen LogP contribution in [0.2, 0.25) is 0 Å². The Kier molecular flexibility index (Phi) is 5.05. The average molecular weight is 215 g/mol. The molecule has 0 amide bonds. The van der Waals surface area contributed by atoms with Crippen molar-refractivity contribution in [3.8, 4) is 0 Å². The Balaban J connectivity index is 2.43. The van der Waals surface area contributed by atoms with Crippen LogP contribution in [0.1, 0.15) is 26.7 Å². The van der Waals surface area contributed by atoms with Crippen LogP contribution in [-0.4, -0.2) is 48.3 Å². The zero-order chi connectivity index (χ0) is 11.3. The van der Waals surface area contributed by atoms with E-state index in [4.69, 9.17) is 9.84 Å². The van der Waals surface area contributed by atoms with Crippen molar-refractivity contribution in [2.24, 2.45) is 5.92 Å². The van der Waals surface area contributed by atoms with Gasteiger partial charge in [0.05, 0.1) is 5.92 Å². The number of carboxylic acid groups (broad SMARTS) is 1. The molecule has 15 heavy (non-hydrogen) atoms. The predicted octanol–water partition coefficient (Wildman–Crippen LogP) is 1.21. The number of carbonyl (C=O) groups is 1. The molecule has 0 aromatic heterocycles. The molecule has 1 aliphatic rings. The number of aliphatic carboxylic acids is 1. The number of nitrogens with zero attached hydrogens (tertiary/aromatic N) is 1. The summed E-state index contributed by atoms with van der Waals surface area (Å²) < 4.78 is 5.30. The van der Waals surface area contributed by atoms with E-state index in [1.807, 2.05) is 0 Å². The van der Waals surface area contributed by atoms with Gasteiger partial charge in [-0.3, -0.25) is 9.69 Å². The third-order valence-electron chi connectivity index (χ3n) is 3.04. The van der Waals surface area contributed by atoms with Crippen molar-refractivity contribution in [1.82, 2.24) is 4.90 Å². The first-order chi connectivity index (χ1) is 7.15. The molecule has 1 heterocycles. The van der Waals surface area contributed by atoms with Crippen molar-refractivity contribution in [1.29, 1.82) is 0 Å². The monoisotopic (exact) mass is 215 g/mol. The van der Waals surface area contributed by atoms with Crippen molar-refractivity contribution in [3.63, 3.8) is 0 Å². The Hall–Kier alpha value is -0.610. The number of hydrogen-bond donors (Lipinski definition) is 1. The molecule has 0 aromatic rings. The molecule has 0 aromatic carbocycles. The van der Waals surface area contributed by atoms with Gasteiger partial charge in [-0.15, -0.1) is 0 Å². The van der Waals surface area contributed by atoms with E-state index in [1.165, 1.54) is 0 Å². The van der Waals surface area contributed by atoms with Crippen LogP contribution in [0.5, 0.6) is 0 Å². The van der Waals surface area contributed by atoms with Crippen LogP contribution in [0.3, 0.4) is 0 Å². The highest BCUT2D eigenvalue weighted by molar-refractivity contribution is 5.69. The van der Waals surface area contributed by atoms with Gasteiger partial charge >= 0.3 is 5.97 Å². The van der Waals surface area contributed by atoms with Crippen LogP contribution in [0.4, 0.5) is 0 Å². The Morgan fingerprint density at radius 1 is 1.53 bits per heavy atom. The molecular formula is C11H21NO3. The summed E-state index contributed by atoms with van der Waals surface area (Å²) in [6.07, 6.45) is 2.06. The summed E-state index contributed by atoms with van der Waals surface area (Å²) in [5.74, 6) is -0.992. The average Bonchev–Trinajstić information content (AvgIpc) is 2.26. The van der Waals surface area contributed by atoms with Crippen molar-refractivity contribution >= 4 is 5.97 Å². The van der Waals surface area contributed by atoms with E-state index in [1.54, 1.807) is 6.92 Å². The maximum absolute atomic E-state index is 10.8. The quantitative estimate of drug-likeness (QED) is 0.749. The molecule has 4 nitrogen and oxygen atoms in total. The lowest BCUT2D eigenvalue weighted by Crippen LogP contribution is -2.42. The predicted molar refractivity (Wildman–Crippen MR) is 57.9 cm³/mol. The first-order valence-corrected chi connectivity index (χ1v) is 5.69. The van der Waals surface area contributed by atoms with Gasteiger partial charge < -0.3 is 9.84 Å². The number of carboxylic acids is 1. The summed E-state index contributed by atoms with van der Waals surface area (Å²) in [6.45, 7) is 7.04. The summed E-state index contributed by atoms with van der Waals surface area (Å²) in [5, 5.41) is 8.87. The van der Waals surface area contributed by atoms with Crippen LogP contribution < -0.4 is 0 Å². The number of rotatable bonds is 5. The Morgan fingerprint density at radius 3 is 2.60 bits per heavy atom. The topological polar surface area (TPSA) is 49.8 Å². The minimum atomic E-state index is -0.708. The zero-order valence-electron chi connectivity index (χ0n) is 9.61. The zero-order valence-corrected chi connectivity index (χ0v) is 9.61. The fraction of sp³-hybridized carbons (Fsp3) is 0.909. The highest BCUT2D eigenvalue weighted by Gasteiger charge is 2.23. The highest BCUT2D eigenvalue weighted by atomic mass is 16.5. The van der Waals surface area contributed by atoms with Gasteiger partial charge in [-0.25, -0.2) is 0 Å². The maximum Gasteiger partial charge on any atom is 0.307 e. The first-order valence-electron chi connectivity index (χ1n) is 5.69. The maximum atomic E-state index is 10.8. The smallest absolute Gasteiger partial charge is 0.307 e. The van der Waals surface area contributed by atoms with Crippen LogP contribution in [0.15, 0.2) is 0 Å². The molecule has 1 aliphatic heterocycles. The van der Waals surface area contributed by atoms with Gasteiger partial charge in [-0.1, -0.05) is 13.8 Å². The lowest BCUT2D eigenvalue weighted by Gasteiger charge is -2.34.